The predicted molar refractivity (Wildman–Crippen MR) is 339 cm³/mol. The molecule has 0 radical (unpaired) electrons. The Bertz CT molecular complexity index is 1800. The fourth-order valence-corrected chi connectivity index (χ4v) is 8.94. The van der Waals surface area contributed by atoms with Crippen molar-refractivity contribution in [1.29, 1.82) is 0 Å². The molecule has 0 rings (SSSR count). The van der Waals surface area contributed by atoms with Gasteiger partial charge in [-0.15, -0.1) is 0 Å². The molecule has 0 fully saturated rings. The molecule has 79 heavy (non-hydrogen) atoms. The van der Waals surface area contributed by atoms with Crippen LogP contribution in [0.25, 0.3) is 0 Å². The largest absolute Gasteiger partial charge is 0.472 e. The van der Waals surface area contributed by atoms with Crippen LogP contribution >= 0.6 is 7.82 Å². The van der Waals surface area contributed by atoms with Gasteiger partial charge in [-0.25, -0.2) is 4.57 Å². The van der Waals surface area contributed by atoms with Crippen LogP contribution in [0, 0.1) is 0 Å². The van der Waals surface area contributed by atoms with E-state index >= 15 is 0 Å². The summed E-state index contributed by atoms with van der Waals surface area (Å²) in [6, 6.07) is 0. The van der Waals surface area contributed by atoms with E-state index in [4.69, 9.17) is 24.3 Å². The number of hydrogen-bond donors (Lipinski definition) is 2. The molecule has 10 heteroatoms. The van der Waals surface area contributed by atoms with Crippen LogP contribution in [0.5, 0.6) is 0 Å². The van der Waals surface area contributed by atoms with Gasteiger partial charge in [0.05, 0.1) is 13.2 Å². The number of ether oxygens (including phenoxy) is 2. The zero-order valence-corrected chi connectivity index (χ0v) is 50.9. The Labute approximate surface area is 484 Å². The molecule has 0 bridgehead atoms. The van der Waals surface area contributed by atoms with Crippen molar-refractivity contribution in [2.75, 3.05) is 26.4 Å². The maximum atomic E-state index is 12.7. The van der Waals surface area contributed by atoms with Crippen molar-refractivity contribution >= 4 is 19.8 Å². The molecule has 0 aromatic heterocycles. The van der Waals surface area contributed by atoms with Crippen molar-refractivity contribution in [2.24, 2.45) is 5.73 Å². The molecular formula is C69H114NO8P. The highest BCUT2D eigenvalue weighted by Crippen LogP contribution is 2.43. The van der Waals surface area contributed by atoms with Crippen LogP contribution in [-0.4, -0.2) is 49.3 Å². The van der Waals surface area contributed by atoms with E-state index < -0.39 is 32.5 Å². The molecule has 0 spiro atoms. The van der Waals surface area contributed by atoms with Crippen molar-refractivity contribution in [3.8, 4) is 0 Å². The highest BCUT2D eigenvalue weighted by atomic mass is 31.2. The zero-order chi connectivity index (χ0) is 57.3. The first-order valence-corrected chi connectivity index (χ1v) is 32.8. The van der Waals surface area contributed by atoms with Crippen molar-refractivity contribution in [1.82, 2.24) is 0 Å². The average molecular weight is 1120 g/mol. The quantitative estimate of drug-likeness (QED) is 0.0264. The highest BCUT2D eigenvalue weighted by Gasteiger charge is 2.26. The second-order valence-corrected chi connectivity index (χ2v) is 21.6. The lowest BCUT2D eigenvalue weighted by Gasteiger charge is -2.19. The topological polar surface area (TPSA) is 134 Å². The van der Waals surface area contributed by atoms with E-state index in [2.05, 4.69) is 160 Å². The fourth-order valence-electron chi connectivity index (χ4n) is 8.17. The smallest absolute Gasteiger partial charge is 0.462 e. The Morgan fingerprint density at radius 3 is 0.975 bits per heavy atom. The van der Waals surface area contributed by atoms with E-state index in [-0.39, 0.29) is 32.6 Å². The zero-order valence-electron chi connectivity index (χ0n) is 50.0. The molecule has 0 heterocycles. The van der Waals surface area contributed by atoms with Crippen LogP contribution in [0.2, 0.25) is 0 Å². The van der Waals surface area contributed by atoms with E-state index in [0.29, 0.717) is 12.8 Å². The molecule has 0 aliphatic carbocycles. The van der Waals surface area contributed by atoms with Gasteiger partial charge in [-0.1, -0.05) is 262 Å². The SMILES string of the molecule is CC/C=C\C/C=C\C/C=C\C/C=C\C/C=C\C/C=C\CCCCCCCCCCCCCCC(=O)OC(COC(=O)CCCCCCCCCC/C=C\C/C=C\C/C=C\C/C=C\C/C=C\C/C=C\CC)COP(=O)(O)OCCN. The Kier molecular flexibility index (Phi) is 59.8. The first-order valence-electron chi connectivity index (χ1n) is 31.3. The molecule has 0 aliphatic rings. The number of phosphoric ester groups is 1. The minimum Gasteiger partial charge on any atom is -0.462 e. The van der Waals surface area contributed by atoms with Crippen LogP contribution in [0.4, 0.5) is 0 Å². The van der Waals surface area contributed by atoms with Crippen LogP contribution in [0.15, 0.2) is 146 Å². The van der Waals surface area contributed by atoms with E-state index in [0.717, 1.165) is 122 Å². The van der Waals surface area contributed by atoms with Crippen molar-refractivity contribution in [2.45, 2.75) is 251 Å². The van der Waals surface area contributed by atoms with Crippen molar-refractivity contribution in [3.63, 3.8) is 0 Å². The van der Waals surface area contributed by atoms with Crippen LogP contribution in [0.3, 0.4) is 0 Å². The Hall–Kier alpha value is -4.11. The maximum Gasteiger partial charge on any atom is 0.472 e. The van der Waals surface area contributed by atoms with E-state index in [9.17, 15) is 19.0 Å². The van der Waals surface area contributed by atoms with E-state index in [1.807, 2.05) is 0 Å². The number of phosphoric acid groups is 1. The van der Waals surface area contributed by atoms with Gasteiger partial charge >= 0.3 is 19.8 Å². The summed E-state index contributed by atoms with van der Waals surface area (Å²) in [6.07, 6.45) is 90.4. The third-order valence-electron chi connectivity index (χ3n) is 12.7. The number of hydrogen-bond acceptors (Lipinski definition) is 8. The van der Waals surface area contributed by atoms with Crippen molar-refractivity contribution < 1.29 is 37.6 Å². The van der Waals surface area contributed by atoms with Crippen LogP contribution < -0.4 is 5.73 Å². The second kappa shape index (κ2) is 63.1. The van der Waals surface area contributed by atoms with Crippen molar-refractivity contribution in [3.05, 3.63) is 146 Å². The summed E-state index contributed by atoms with van der Waals surface area (Å²) in [6.45, 7) is 3.50. The van der Waals surface area contributed by atoms with Gasteiger partial charge in [0.1, 0.15) is 6.61 Å². The standard InChI is InChI=1S/C69H114NO8P/c1-3-5-7-9-11-13-15-17-19-21-23-25-27-29-31-32-33-34-36-38-40-42-44-46-48-50-52-54-56-58-60-62-69(72)78-67(66-77-79(73,74)76-64-63-70)65-75-68(71)61-59-57-55-53-51-49-47-45-43-41-39-37-35-30-28-26-24-22-20-18-16-14-12-10-8-6-4-2/h5-8,11-14,17-20,23-26,29-31,33-35,39,41,67H,3-4,9-10,15-16,21-22,27-28,32,36-38,40,42-66,70H2,1-2H3,(H,73,74)/b7-5-,8-6-,13-11-,14-12-,19-17-,20-18-,25-23-,26-24-,31-29-,34-33-,35-30-,41-39-. The molecular weight excluding hydrogens is 1000 g/mol. The number of allylic oxidation sites excluding steroid dienone is 24. The minimum atomic E-state index is -4.40. The molecule has 3 N–H and O–H groups in total. The number of carbonyl (C=O) groups is 2. The van der Waals surface area contributed by atoms with Gasteiger partial charge in [-0.3, -0.25) is 18.6 Å². The summed E-state index contributed by atoms with van der Waals surface area (Å²) in [5, 5.41) is 0. The molecule has 0 aromatic rings. The predicted octanol–water partition coefficient (Wildman–Crippen LogP) is 20.3. The molecule has 2 unspecified atom stereocenters. The summed E-state index contributed by atoms with van der Waals surface area (Å²) >= 11 is 0. The lowest BCUT2D eigenvalue weighted by molar-refractivity contribution is -0.161. The summed E-state index contributed by atoms with van der Waals surface area (Å²) < 4.78 is 33.1. The summed E-state index contributed by atoms with van der Waals surface area (Å²) in [5.74, 6) is -0.846. The molecule has 0 aromatic carbocycles. The Morgan fingerprint density at radius 1 is 0.380 bits per heavy atom. The second-order valence-electron chi connectivity index (χ2n) is 20.2. The first kappa shape index (κ1) is 74.9. The normalized spacial score (nSPS) is 14.0. The number of nitrogens with two attached hydrogens (primary N) is 1. The molecule has 9 nitrogen and oxygen atoms in total. The van der Waals surface area contributed by atoms with Crippen LogP contribution in [-0.2, 0) is 32.7 Å². The summed E-state index contributed by atoms with van der Waals surface area (Å²) in [7, 11) is -4.40. The molecule has 0 saturated carbocycles. The Morgan fingerprint density at radius 2 is 0.658 bits per heavy atom. The van der Waals surface area contributed by atoms with Gasteiger partial charge in [-0.2, -0.15) is 0 Å². The summed E-state index contributed by atoms with van der Waals surface area (Å²) in [5.41, 5.74) is 5.39. The van der Waals surface area contributed by atoms with E-state index in [1.54, 1.807) is 0 Å². The molecule has 0 aliphatic heterocycles. The van der Waals surface area contributed by atoms with Crippen LogP contribution in [0.1, 0.15) is 245 Å². The average Bonchev–Trinajstić information content (AvgIpc) is 3.44. The number of esters is 2. The maximum absolute atomic E-state index is 12.7. The summed E-state index contributed by atoms with van der Waals surface area (Å²) in [4.78, 5) is 35.3. The molecule has 448 valence electrons. The van der Waals surface area contributed by atoms with Gasteiger partial charge in [0.2, 0.25) is 0 Å². The number of unbranched alkanes of at least 4 members (excludes halogenated alkanes) is 20. The van der Waals surface area contributed by atoms with Gasteiger partial charge in [0.15, 0.2) is 6.10 Å². The molecule has 0 amide bonds. The fraction of sp³-hybridized carbons (Fsp3) is 0.623. The first-order chi connectivity index (χ1) is 38.8. The monoisotopic (exact) mass is 1120 g/mol. The third-order valence-corrected chi connectivity index (χ3v) is 13.7. The van der Waals surface area contributed by atoms with E-state index in [1.165, 1.54) is 83.5 Å². The lowest BCUT2D eigenvalue weighted by Crippen LogP contribution is -2.29. The van der Waals surface area contributed by atoms with Gasteiger partial charge in [0, 0.05) is 19.4 Å². The molecule has 2 atom stereocenters. The highest BCUT2D eigenvalue weighted by molar-refractivity contribution is 7.47. The number of rotatable bonds is 57. The van der Waals surface area contributed by atoms with Gasteiger partial charge < -0.3 is 20.1 Å². The van der Waals surface area contributed by atoms with Gasteiger partial charge in [-0.05, 0) is 116 Å². The minimum absolute atomic E-state index is 0.0446. The molecule has 0 saturated heterocycles. The third kappa shape index (κ3) is 62.9. The Balaban J connectivity index is 4.01. The van der Waals surface area contributed by atoms with Gasteiger partial charge in [0.25, 0.3) is 0 Å². The number of carbonyl (C=O) groups excluding carboxylic acids is 2. The lowest BCUT2D eigenvalue weighted by atomic mass is 10.0.